The Morgan fingerprint density at radius 2 is 2.05 bits per heavy atom. The first-order valence-corrected chi connectivity index (χ1v) is 8.54. The van der Waals surface area contributed by atoms with Crippen molar-refractivity contribution in [1.82, 2.24) is 0 Å². The summed E-state index contributed by atoms with van der Waals surface area (Å²) in [5, 5.41) is 0.446. The Morgan fingerprint density at radius 1 is 1.32 bits per heavy atom. The fourth-order valence-electron chi connectivity index (χ4n) is 1.47. The van der Waals surface area contributed by atoms with Crippen LogP contribution in [0.25, 0.3) is 0 Å². The lowest BCUT2D eigenvalue weighted by molar-refractivity contribution is 0.342. The van der Waals surface area contributed by atoms with Crippen molar-refractivity contribution in [2.75, 3.05) is 23.0 Å². The second-order valence-electron chi connectivity index (χ2n) is 3.89. The van der Waals surface area contributed by atoms with Gasteiger partial charge in [0.15, 0.2) is 0 Å². The van der Waals surface area contributed by atoms with E-state index < -0.39 is 10.0 Å². The standard InChI is InChI=1S/C12H17Cl2NO3S/c1-2-18-12-6-5-10(14)9-11(12)15-19(16,17)8-4-3-7-13/h5-6,9,15H,2-4,7-8H2,1H3. The zero-order valence-corrected chi connectivity index (χ0v) is 13.0. The minimum Gasteiger partial charge on any atom is -0.492 e. The van der Waals surface area contributed by atoms with Crippen molar-refractivity contribution in [3.63, 3.8) is 0 Å². The summed E-state index contributed by atoms with van der Waals surface area (Å²) in [5.41, 5.74) is 0.361. The summed E-state index contributed by atoms with van der Waals surface area (Å²) in [4.78, 5) is 0. The van der Waals surface area contributed by atoms with E-state index >= 15 is 0 Å². The third kappa shape index (κ3) is 5.89. The minimum absolute atomic E-state index is 0.0256. The van der Waals surface area contributed by atoms with Crippen LogP contribution in [0.4, 0.5) is 5.69 Å². The van der Waals surface area contributed by atoms with Gasteiger partial charge in [0.25, 0.3) is 0 Å². The molecule has 108 valence electrons. The molecule has 0 aromatic heterocycles. The van der Waals surface area contributed by atoms with Crippen LogP contribution < -0.4 is 9.46 Å². The minimum atomic E-state index is -3.41. The van der Waals surface area contributed by atoms with Crippen LogP contribution in [-0.4, -0.2) is 26.7 Å². The molecule has 0 unspecified atom stereocenters. The number of hydrogen-bond donors (Lipinski definition) is 1. The van der Waals surface area contributed by atoms with Crippen molar-refractivity contribution in [3.05, 3.63) is 23.2 Å². The molecule has 7 heteroatoms. The van der Waals surface area contributed by atoms with Crippen molar-refractivity contribution < 1.29 is 13.2 Å². The van der Waals surface area contributed by atoms with Crippen molar-refractivity contribution in [3.8, 4) is 5.75 Å². The molecule has 4 nitrogen and oxygen atoms in total. The highest BCUT2D eigenvalue weighted by Crippen LogP contribution is 2.29. The average Bonchev–Trinajstić information content (AvgIpc) is 2.32. The van der Waals surface area contributed by atoms with Crippen molar-refractivity contribution in [2.24, 2.45) is 0 Å². The second-order valence-corrected chi connectivity index (χ2v) is 6.55. The van der Waals surface area contributed by atoms with Crippen LogP contribution in [0.15, 0.2) is 18.2 Å². The second kappa shape index (κ2) is 7.82. The molecule has 19 heavy (non-hydrogen) atoms. The molecule has 0 amide bonds. The Morgan fingerprint density at radius 3 is 2.68 bits per heavy atom. The summed E-state index contributed by atoms with van der Waals surface area (Å²) < 4.78 is 31.6. The van der Waals surface area contributed by atoms with Crippen LogP contribution in [0.2, 0.25) is 5.02 Å². The lowest BCUT2D eigenvalue weighted by atomic mass is 10.3. The lowest BCUT2D eigenvalue weighted by Crippen LogP contribution is -2.17. The normalized spacial score (nSPS) is 11.3. The highest BCUT2D eigenvalue weighted by Gasteiger charge is 2.13. The summed E-state index contributed by atoms with van der Waals surface area (Å²) in [6.07, 6.45) is 1.18. The molecule has 0 aliphatic heterocycles. The number of rotatable bonds is 8. The van der Waals surface area contributed by atoms with Gasteiger partial charge in [-0.1, -0.05) is 11.6 Å². The first-order valence-electron chi connectivity index (χ1n) is 5.97. The van der Waals surface area contributed by atoms with Crippen LogP contribution in [0.3, 0.4) is 0 Å². The van der Waals surface area contributed by atoms with Crippen LogP contribution in [0.5, 0.6) is 5.75 Å². The number of alkyl halides is 1. The predicted molar refractivity (Wildman–Crippen MR) is 80.0 cm³/mol. The van der Waals surface area contributed by atoms with Gasteiger partial charge < -0.3 is 4.74 Å². The number of halogens is 2. The zero-order valence-electron chi connectivity index (χ0n) is 10.7. The number of hydrogen-bond acceptors (Lipinski definition) is 3. The molecular formula is C12H17Cl2NO3S. The van der Waals surface area contributed by atoms with Gasteiger partial charge in [-0.2, -0.15) is 0 Å². The number of ether oxygens (including phenoxy) is 1. The van der Waals surface area contributed by atoms with E-state index in [9.17, 15) is 8.42 Å². The number of sulfonamides is 1. The van der Waals surface area contributed by atoms with Gasteiger partial charge in [0.1, 0.15) is 5.75 Å². The van der Waals surface area contributed by atoms with Gasteiger partial charge in [-0.25, -0.2) is 8.42 Å². The Balaban J connectivity index is 2.82. The van der Waals surface area contributed by atoms with Gasteiger partial charge in [-0.05, 0) is 38.0 Å². The van der Waals surface area contributed by atoms with Crippen LogP contribution in [0.1, 0.15) is 19.8 Å². The van der Waals surface area contributed by atoms with Gasteiger partial charge in [-0.3, -0.25) is 4.72 Å². The maximum atomic E-state index is 11.9. The predicted octanol–water partition coefficient (Wildman–Crippen LogP) is 3.50. The topological polar surface area (TPSA) is 55.4 Å². The molecule has 1 N–H and O–H groups in total. The van der Waals surface area contributed by atoms with Crippen LogP contribution in [-0.2, 0) is 10.0 Å². The number of benzene rings is 1. The SMILES string of the molecule is CCOc1ccc(Cl)cc1NS(=O)(=O)CCCCCl. The van der Waals surface area contributed by atoms with E-state index in [1.807, 2.05) is 6.92 Å². The van der Waals surface area contributed by atoms with E-state index in [2.05, 4.69) is 4.72 Å². The molecule has 0 aliphatic carbocycles. The van der Waals surface area contributed by atoms with E-state index in [0.717, 1.165) is 0 Å². The molecule has 0 saturated carbocycles. The molecule has 1 aromatic rings. The van der Waals surface area contributed by atoms with Crippen molar-refractivity contribution in [1.29, 1.82) is 0 Å². The van der Waals surface area contributed by atoms with Crippen molar-refractivity contribution in [2.45, 2.75) is 19.8 Å². The fourth-order valence-corrected chi connectivity index (χ4v) is 3.01. The monoisotopic (exact) mass is 325 g/mol. The van der Waals surface area contributed by atoms with Crippen molar-refractivity contribution >= 4 is 38.9 Å². The third-order valence-corrected chi connectivity index (χ3v) is 4.16. The fraction of sp³-hybridized carbons (Fsp3) is 0.500. The first-order chi connectivity index (χ1) is 8.98. The molecule has 0 radical (unpaired) electrons. The van der Waals surface area contributed by atoms with E-state index in [-0.39, 0.29) is 5.75 Å². The molecule has 1 rings (SSSR count). The molecular weight excluding hydrogens is 309 g/mol. The van der Waals surface area contributed by atoms with E-state index in [1.54, 1.807) is 12.1 Å². The van der Waals surface area contributed by atoms with E-state index in [4.69, 9.17) is 27.9 Å². The number of nitrogens with one attached hydrogen (secondary N) is 1. The lowest BCUT2D eigenvalue weighted by Gasteiger charge is -2.13. The van der Waals surface area contributed by atoms with Gasteiger partial charge in [0.2, 0.25) is 10.0 Å². The molecule has 0 heterocycles. The molecule has 0 fully saturated rings. The largest absolute Gasteiger partial charge is 0.492 e. The van der Waals surface area contributed by atoms with E-state index in [1.165, 1.54) is 6.07 Å². The van der Waals surface area contributed by atoms with Gasteiger partial charge in [0, 0.05) is 10.9 Å². The summed E-state index contributed by atoms with van der Waals surface area (Å²) in [5.74, 6) is 0.946. The molecule has 1 aromatic carbocycles. The highest BCUT2D eigenvalue weighted by molar-refractivity contribution is 7.92. The summed E-state index contributed by atoms with van der Waals surface area (Å²) in [6, 6.07) is 4.83. The van der Waals surface area contributed by atoms with Gasteiger partial charge >= 0.3 is 0 Å². The summed E-state index contributed by atoms with van der Waals surface area (Å²) in [7, 11) is -3.41. The Bertz CT molecular complexity index is 506. The maximum absolute atomic E-state index is 11.9. The number of unbranched alkanes of at least 4 members (excludes halogenated alkanes) is 1. The molecule has 0 bridgehead atoms. The average molecular weight is 326 g/mol. The first kappa shape index (κ1) is 16.4. The molecule has 0 saturated heterocycles. The maximum Gasteiger partial charge on any atom is 0.232 e. The van der Waals surface area contributed by atoms with Gasteiger partial charge in [0.05, 0.1) is 18.0 Å². The zero-order chi connectivity index (χ0) is 14.3. The smallest absolute Gasteiger partial charge is 0.232 e. The highest BCUT2D eigenvalue weighted by atomic mass is 35.5. The van der Waals surface area contributed by atoms with Crippen LogP contribution in [0, 0.1) is 0 Å². The quantitative estimate of drug-likeness (QED) is 0.588. The van der Waals surface area contributed by atoms with Crippen LogP contribution >= 0.6 is 23.2 Å². The van der Waals surface area contributed by atoms with E-state index in [0.29, 0.717) is 41.8 Å². The Kier molecular flexibility index (Phi) is 6.75. The molecule has 0 aliphatic rings. The summed E-state index contributed by atoms with van der Waals surface area (Å²) >= 11 is 11.4. The molecule has 0 atom stereocenters. The third-order valence-electron chi connectivity index (χ3n) is 2.30. The number of anilines is 1. The molecule has 0 spiro atoms. The van der Waals surface area contributed by atoms with Gasteiger partial charge in [-0.15, -0.1) is 11.6 Å². The Hall–Kier alpha value is -0.650. The summed E-state index contributed by atoms with van der Waals surface area (Å²) in [6.45, 7) is 2.27. The Labute approximate surface area is 124 Å².